The minimum Gasteiger partial charge on any atom is -0.366 e. The number of nitrogens with one attached hydrogen (secondary N) is 1. The fraction of sp³-hybridized carbons (Fsp3) is 0.636. The number of alkyl halides is 1. The van der Waals surface area contributed by atoms with Crippen molar-refractivity contribution in [1.82, 2.24) is 9.97 Å². The normalized spacial score (nSPS) is 12.9. The van der Waals surface area contributed by atoms with Gasteiger partial charge in [-0.2, -0.15) is 0 Å². The molecule has 0 spiro atoms. The van der Waals surface area contributed by atoms with Crippen LogP contribution >= 0.6 is 11.6 Å². The van der Waals surface area contributed by atoms with Crippen LogP contribution in [0.4, 0.5) is 5.82 Å². The van der Waals surface area contributed by atoms with E-state index >= 15 is 0 Å². The van der Waals surface area contributed by atoms with Crippen LogP contribution in [0, 0.1) is 12.8 Å². The van der Waals surface area contributed by atoms with Gasteiger partial charge in [-0.1, -0.05) is 13.8 Å². The van der Waals surface area contributed by atoms with Crippen LogP contribution in [0.2, 0.25) is 0 Å². The number of hydrogen-bond acceptors (Lipinski definition) is 3. The Labute approximate surface area is 96.3 Å². The van der Waals surface area contributed by atoms with Crippen molar-refractivity contribution in [3.63, 3.8) is 0 Å². The van der Waals surface area contributed by atoms with Crippen LogP contribution < -0.4 is 5.32 Å². The first-order chi connectivity index (χ1) is 7.15. The van der Waals surface area contributed by atoms with Crippen molar-refractivity contribution in [2.24, 2.45) is 5.92 Å². The van der Waals surface area contributed by atoms with Crippen LogP contribution in [0.25, 0.3) is 0 Å². The summed E-state index contributed by atoms with van der Waals surface area (Å²) < 4.78 is 0. The monoisotopic (exact) mass is 227 g/mol. The molecule has 0 amide bonds. The minimum atomic E-state index is 0.359. The fourth-order valence-corrected chi connectivity index (χ4v) is 1.65. The number of aromatic nitrogens is 2. The predicted molar refractivity (Wildman–Crippen MR) is 64.4 cm³/mol. The van der Waals surface area contributed by atoms with Crippen molar-refractivity contribution in [3.05, 3.63) is 18.1 Å². The third-order valence-electron chi connectivity index (χ3n) is 2.43. The molecule has 0 bridgehead atoms. The van der Waals surface area contributed by atoms with Gasteiger partial charge < -0.3 is 5.32 Å². The van der Waals surface area contributed by atoms with Gasteiger partial charge in [0.15, 0.2) is 0 Å². The predicted octanol–water partition coefficient (Wildman–Crippen LogP) is 2.85. The lowest BCUT2D eigenvalue weighted by atomic mass is 10.0. The molecule has 1 aromatic rings. The first kappa shape index (κ1) is 12.2. The average Bonchev–Trinajstić information content (AvgIpc) is 2.20. The Balaban J connectivity index is 2.69. The second-order valence-corrected chi connectivity index (χ2v) is 4.34. The van der Waals surface area contributed by atoms with Crippen LogP contribution in [-0.4, -0.2) is 21.9 Å². The summed E-state index contributed by atoms with van der Waals surface area (Å²) >= 11 is 5.77. The molecule has 0 radical (unpaired) electrons. The molecule has 3 nitrogen and oxygen atoms in total. The number of hydrogen-bond donors (Lipinski definition) is 1. The number of halogens is 1. The highest BCUT2D eigenvalue weighted by molar-refractivity contribution is 6.17. The first-order valence-electron chi connectivity index (χ1n) is 5.25. The van der Waals surface area contributed by atoms with Crippen LogP contribution in [0.15, 0.2) is 12.4 Å². The molecule has 0 fully saturated rings. The largest absolute Gasteiger partial charge is 0.366 e. The summed E-state index contributed by atoms with van der Waals surface area (Å²) in [6.45, 7) is 6.30. The topological polar surface area (TPSA) is 37.8 Å². The zero-order chi connectivity index (χ0) is 11.3. The molecule has 0 saturated heterocycles. The summed E-state index contributed by atoms with van der Waals surface area (Å²) in [6, 6.07) is 0.359. The second kappa shape index (κ2) is 5.91. The van der Waals surface area contributed by atoms with Gasteiger partial charge in [0.25, 0.3) is 0 Å². The Morgan fingerprint density at radius 1 is 1.33 bits per heavy atom. The van der Waals surface area contributed by atoms with E-state index in [4.69, 9.17) is 11.6 Å². The Hall–Kier alpha value is -0.830. The van der Waals surface area contributed by atoms with Crippen molar-refractivity contribution < 1.29 is 0 Å². The molecule has 0 aromatic carbocycles. The average molecular weight is 228 g/mol. The quantitative estimate of drug-likeness (QED) is 0.787. The Kier molecular flexibility index (Phi) is 4.82. The van der Waals surface area contributed by atoms with E-state index in [9.17, 15) is 0 Å². The highest BCUT2D eigenvalue weighted by Crippen LogP contribution is 2.15. The lowest BCUT2D eigenvalue weighted by Gasteiger charge is -2.22. The summed E-state index contributed by atoms with van der Waals surface area (Å²) in [5.74, 6) is 2.06. The second-order valence-electron chi connectivity index (χ2n) is 3.96. The molecule has 1 atom stereocenters. The van der Waals surface area contributed by atoms with E-state index in [0.29, 0.717) is 17.8 Å². The third-order valence-corrected chi connectivity index (χ3v) is 2.65. The van der Waals surface area contributed by atoms with Crippen molar-refractivity contribution in [2.45, 2.75) is 33.2 Å². The number of nitrogens with zero attached hydrogens (tertiary/aromatic N) is 2. The number of anilines is 1. The molecule has 1 unspecified atom stereocenters. The van der Waals surface area contributed by atoms with E-state index in [0.717, 1.165) is 17.9 Å². The van der Waals surface area contributed by atoms with Gasteiger partial charge in [-0.15, -0.1) is 11.6 Å². The lowest BCUT2D eigenvalue weighted by molar-refractivity contribution is 0.511. The molecular weight excluding hydrogens is 210 g/mol. The number of aryl methyl sites for hydroxylation is 1. The van der Waals surface area contributed by atoms with Gasteiger partial charge in [0.2, 0.25) is 0 Å². The Morgan fingerprint density at radius 3 is 2.53 bits per heavy atom. The molecule has 4 heteroatoms. The van der Waals surface area contributed by atoms with Gasteiger partial charge in [0.05, 0.1) is 5.69 Å². The molecular formula is C11H18ClN3. The van der Waals surface area contributed by atoms with Gasteiger partial charge in [-0.25, -0.2) is 4.98 Å². The van der Waals surface area contributed by atoms with E-state index < -0.39 is 0 Å². The van der Waals surface area contributed by atoms with E-state index in [1.807, 2.05) is 6.92 Å². The first-order valence-corrected chi connectivity index (χ1v) is 5.78. The SMILES string of the molecule is Cc1nccnc1NC(CCCl)C(C)C. The maximum absolute atomic E-state index is 5.77. The molecule has 0 aliphatic rings. The Bertz CT molecular complexity index is 302. The molecule has 15 heavy (non-hydrogen) atoms. The molecule has 0 aliphatic heterocycles. The summed E-state index contributed by atoms with van der Waals surface area (Å²) in [5, 5.41) is 3.39. The minimum absolute atomic E-state index is 0.359. The molecule has 0 aliphatic carbocycles. The van der Waals surface area contributed by atoms with Gasteiger partial charge in [0, 0.05) is 24.3 Å². The van der Waals surface area contributed by atoms with Crippen LogP contribution in [-0.2, 0) is 0 Å². The van der Waals surface area contributed by atoms with Gasteiger partial charge in [-0.05, 0) is 19.3 Å². The standard InChI is InChI=1S/C11H18ClN3/c1-8(2)10(4-5-12)15-11-9(3)13-6-7-14-11/h6-8,10H,4-5H2,1-3H3,(H,14,15). The van der Waals surface area contributed by atoms with Crippen molar-refractivity contribution in [2.75, 3.05) is 11.2 Å². The highest BCUT2D eigenvalue weighted by Gasteiger charge is 2.13. The number of rotatable bonds is 5. The smallest absolute Gasteiger partial charge is 0.147 e. The van der Waals surface area contributed by atoms with Gasteiger partial charge >= 0.3 is 0 Å². The van der Waals surface area contributed by atoms with E-state index in [2.05, 4.69) is 29.1 Å². The van der Waals surface area contributed by atoms with Crippen molar-refractivity contribution >= 4 is 17.4 Å². The third kappa shape index (κ3) is 3.67. The van der Waals surface area contributed by atoms with Gasteiger partial charge in [-0.3, -0.25) is 4.98 Å². The van der Waals surface area contributed by atoms with Gasteiger partial charge in [0.1, 0.15) is 5.82 Å². The summed E-state index contributed by atoms with van der Waals surface area (Å²) in [7, 11) is 0. The molecule has 84 valence electrons. The summed E-state index contributed by atoms with van der Waals surface area (Å²) in [4.78, 5) is 8.46. The van der Waals surface area contributed by atoms with E-state index in [1.165, 1.54) is 0 Å². The molecule has 1 rings (SSSR count). The fourth-order valence-electron chi connectivity index (χ4n) is 1.41. The molecule has 1 aromatic heterocycles. The molecule has 1 N–H and O–H groups in total. The van der Waals surface area contributed by atoms with Crippen molar-refractivity contribution in [3.8, 4) is 0 Å². The maximum atomic E-state index is 5.77. The van der Waals surface area contributed by atoms with E-state index in [1.54, 1.807) is 12.4 Å². The zero-order valence-corrected chi connectivity index (χ0v) is 10.3. The van der Waals surface area contributed by atoms with Crippen LogP contribution in [0.3, 0.4) is 0 Å². The maximum Gasteiger partial charge on any atom is 0.147 e. The highest BCUT2D eigenvalue weighted by atomic mass is 35.5. The van der Waals surface area contributed by atoms with Crippen molar-refractivity contribution in [1.29, 1.82) is 0 Å². The zero-order valence-electron chi connectivity index (χ0n) is 9.50. The summed E-state index contributed by atoms with van der Waals surface area (Å²) in [6.07, 6.45) is 4.34. The Morgan fingerprint density at radius 2 is 2.00 bits per heavy atom. The molecule has 0 saturated carbocycles. The van der Waals surface area contributed by atoms with Crippen LogP contribution in [0.5, 0.6) is 0 Å². The van der Waals surface area contributed by atoms with E-state index in [-0.39, 0.29) is 0 Å². The lowest BCUT2D eigenvalue weighted by Crippen LogP contribution is -2.27. The summed E-state index contributed by atoms with van der Waals surface area (Å²) in [5.41, 5.74) is 0.928. The van der Waals surface area contributed by atoms with Crippen LogP contribution in [0.1, 0.15) is 26.0 Å². The molecule has 1 heterocycles.